The van der Waals surface area contributed by atoms with E-state index in [0.717, 1.165) is 0 Å². The minimum absolute atomic E-state index is 0.0213. The van der Waals surface area contributed by atoms with E-state index in [1.165, 1.54) is 34.9 Å². The van der Waals surface area contributed by atoms with Gasteiger partial charge in [-0.05, 0) is 30.7 Å². The van der Waals surface area contributed by atoms with Crippen LogP contribution in [0.25, 0.3) is 11.1 Å². The molecule has 0 unspecified atom stereocenters. The van der Waals surface area contributed by atoms with Crippen LogP contribution in [-0.4, -0.2) is 28.1 Å². The van der Waals surface area contributed by atoms with Crippen LogP contribution >= 0.6 is 0 Å². The molecule has 0 atom stereocenters. The lowest BCUT2D eigenvalue weighted by Gasteiger charge is -2.08. The average Bonchev–Trinajstić information content (AvgIpc) is 3.34. The van der Waals surface area contributed by atoms with Crippen molar-refractivity contribution in [3.8, 4) is 11.5 Å². The number of nitrogens with zero attached hydrogens (tertiary/aromatic N) is 2. The highest BCUT2D eigenvalue weighted by molar-refractivity contribution is 5.96. The molecule has 0 saturated carbocycles. The molecular formula is C19H16N4O8. The van der Waals surface area contributed by atoms with Crippen molar-refractivity contribution in [3.05, 3.63) is 62.6 Å². The summed E-state index contributed by atoms with van der Waals surface area (Å²) in [6.07, 6.45) is 0.296. The Labute approximate surface area is 173 Å². The third kappa shape index (κ3) is 4.17. The fourth-order valence-electron chi connectivity index (χ4n) is 3.08. The number of aromatic nitrogens is 1. The second kappa shape index (κ2) is 8.18. The van der Waals surface area contributed by atoms with Gasteiger partial charge in [0.1, 0.15) is 0 Å². The number of rotatable bonds is 6. The van der Waals surface area contributed by atoms with Crippen LogP contribution in [0.5, 0.6) is 11.5 Å². The summed E-state index contributed by atoms with van der Waals surface area (Å²) in [5.74, 6) is -0.665. The minimum Gasteiger partial charge on any atom is -0.454 e. The first-order valence-electron chi connectivity index (χ1n) is 9.19. The normalized spacial score (nSPS) is 12.0. The number of nitro groups is 1. The first kappa shape index (κ1) is 19.9. The van der Waals surface area contributed by atoms with Crippen molar-refractivity contribution in [1.29, 1.82) is 0 Å². The Morgan fingerprint density at radius 3 is 2.71 bits per heavy atom. The predicted octanol–water partition coefficient (Wildman–Crippen LogP) is 1.47. The van der Waals surface area contributed by atoms with Crippen LogP contribution in [0.2, 0.25) is 0 Å². The first-order chi connectivity index (χ1) is 14.9. The van der Waals surface area contributed by atoms with Crippen LogP contribution < -0.4 is 26.1 Å². The largest absolute Gasteiger partial charge is 0.454 e. The number of ether oxygens (including phenoxy) is 2. The van der Waals surface area contributed by atoms with Gasteiger partial charge in [-0.15, -0.1) is 0 Å². The van der Waals surface area contributed by atoms with Gasteiger partial charge in [-0.25, -0.2) is 4.79 Å². The second-order valence-corrected chi connectivity index (χ2v) is 6.60. The number of nitro benzene ring substituents is 1. The molecule has 4 rings (SSSR count). The van der Waals surface area contributed by atoms with E-state index in [2.05, 4.69) is 10.9 Å². The molecule has 2 heterocycles. The average molecular weight is 428 g/mol. The molecule has 2 amide bonds. The molecule has 0 radical (unpaired) electrons. The number of aryl methyl sites for hydroxylation is 1. The number of amides is 2. The lowest BCUT2D eigenvalue weighted by atomic mass is 10.2. The maximum atomic E-state index is 12.1. The van der Waals surface area contributed by atoms with Crippen molar-refractivity contribution in [3.63, 3.8) is 0 Å². The van der Waals surface area contributed by atoms with Crippen LogP contribution in [0.4, 0.5) is 5.69 Å². The quantitative estimate of drug-likeness (QED) is 0.442. The molecule has 1 aliphatic heterocycles. The number of non-ortho nitro benzene ring substituents is 1. The SMILES string of the molecule is O=C(CCCn1c(=O)oc2cc([N+](=O)[O-])ccc21)NNC(=O)c1ccc2c(c1)OCO2. The lowest BCUT2D eigenvalue weighted by molar-refractivity contribution is -0.384. The highest BCUT2D eigenvalue weighted by Gasteiger charge is 2.17. The maximum Gasteiger partial charge on any atom is 0.419 e. The fraction of sp³-hybridized carbons (Fsp3) is 0.211. The molecule has 1 aromatic heterocycles. The molecule has 160 valence electrons. The molecule has 12 heteroatoms. The van der Waals surface area contributed by atoms with Gasteiger partial charge in [0, 0.05) is 24.6 Å². The summed E-state index contributed by atoms with van der Waals surface area (Å²) in [5.41, 5.74) is 5.20. The summed E-state index contributed by atoms with van der Waals surface area (Å²) in [4.78, 5) is 46.4. The van der Waals surface area contributed by atoms with E-state index >= 15 is 0 Å². The standard InChI is InChI=1S/C19H16N4O8/c24-17(20-21-18(25)11-3-6-14-16(8-11)30-10-29-14)2-1-7-22-13-5-4-12(23(27)28)9-15(13)31-19(22)26/h3-6,8-9H,1-2,7,10H2,(H,20,24)(H,21,25). The third-order valence-corrected chi connectivity index (χ3v) is 4.60. The molecular weight excluding hydrogens is 412 g/mol. The highest BCUT2D eigenvalue weighted by Crippen LogP contribution is 2.32. The first-order valence-corrected chi connectivity index (χ1v) is 9.19. The number of hydrogen-bond donors (Lipinski definition) is 2. The maximum absolute atomic E-state index is 12.1. The smallest absolute Gasteiger partial charge is 0.419 e. The summed E-state index contributed by atoms with van der Waals surface area (Å²) >= 11 is 0. The van der Waals surface area contributed by atoms with Gasteiger partial charge in [-0.3, -0.25) is 35.1 Å². The summed E-state index contributed by atoms with van der Waals surface area (Å²) in [6.45, 7) is 0.246. The van der Waals surface area contributed by atoms with E-state index in [9.17, 15) is 24.5 Å². The van der Waals surface area contributed by atoms with E-state index in [4.69, 9.17) is 13.9 Å². The van der Waals surface area contributed by atoms with E-state index in [-0.39, 0.29) is 43.0 Å². The Hall–Kier alpha value is -4.35. The number of hydrazine groups is 1. The van der Waals surface area contributed by atoms with Crippen molar-refractivity contribution in [2.75, 3.05) is 6.79 Å². The molecule has 0 saturated heterocycles. The van der Waals surface area contributed by atoms with Crippen LogP contribution in [0, 0.1) is 10.1 Å². The van der Waals surface area contributed by atoms with Crippen LogP contribution in [0.15, 0.2) is 45.6 Å². The Morgan fingerprint density at radius 1 is 1.10 bits per heavy atom. The predicted molar refractivity (Wildman–Crippen MR) is 105 cm³/mol. The summed E-state index contributed by atoms with van der Waals surface area (Å²) in [7, 11) is 0. The van der Waals surface area contributed by atoms with Gasteiger partial charge in [-0.1, -0.05) is 0 Å². The Kier molecular flexibility index (Phi) is 5.26. The number of oxazole rings is 1. The van der Waals surface area contributed by atoms with Gasteiger partial charge < -0.3 is 13.9 Å². The molecule has 0 bridgehead atoms. The monoisotopic (exact) mass is 428 g/mol. The Balaban J connectivity index is 1.29. The molecule has 2 aromatic carbocycles. The van der Waals surface area contributed by atoms with E-state index in [1.54, 1.807) is 6.07 Å². The van der Waals surface area contributed by atoms with Crippen LogP contribution in [-0.2, 0) is 11.3 Å². The number of carbonyl (C=O) groups is 2. The molecule has 2 N–H and O–H groups in total. The van der Waals surface area contributed by atoms with Crippen molar-refractivity contribution in [1.82, 2.24) is 15.4 Å². The summed E-state index contributed by atoms with van der Waals surface area (Å²) < 4.78 is 16.7. The van der Waals surface area contributed by atoms with Gasteiger partial charge >= 0.3 is 5.76 Å². The summed E-state index contributed by atoms with van der Waals surface area (Å²) in [6, 6.07) is 8.50. The van der Waals surface area contributed by atoms with Crippen LogP contribution in [0.3, 0.4) is 0 Å². The minimum atomic E-state index is -0.674. The van der Waals surface area contributed by atoms with Crippen molar-refractivity contribution in [2.24, 2.45) is 0 Å². The zero-order chi connectivity index (χ0) is 22.0. The number of benzene rings is 2. The second-order valence-electron chi connectivity index (χ2n) is 6.60. The molecule has 12 nitrogen and oxygen atoms in total. The zero-order valence-corrected chi connectivity index (χ0v) is 16.0. The molecule has 1 aliphatic rings. The highest BCUT2D eigenvalue weighted by atomic mass is 16.7. The number of hydrogen-bond acceptors (Lipinski definition) is 8. The van der Waals surface area contributed by atoms with Gasteiger partial charge in [0.15, 0.2) is 17.1 Å². The van der Waals surface area contributed by atoms with Gasteiger partial charge in [0.25, 0.3) is 11.6 Å². The van der Waals surface area contributed by atoms with E-state index in [1.807, 2.05) is 0 Å². The van der Waals surface area contributed by atoms with Gasteiger partial charge in [0.2, 0.25) is 12.7 Å². The van der Waals surface area contributed by atoms with Crippen molar-refractivity contribution >= 4 is 28.6 Å². The molecule has 0 aliphatic carbocycles. The van der Waals surface area contributed by atoms with Gasteiger partial charge in [0.05, 0.1) is 16.5 Å². The topological polar surface area (TPSA) is 155 Å². The Morgan fingerprint density at radius 2 is 1.90 bits per heavy atom. The van der Waals surface area contributed by atoms with Gasteiger partial charge in [-0.2, -0.15) is 0 Å². The number of carbonyl (C=O) groups excluding carboxylic acids is 2. The number of fused-ring (bicyclic) bond motifs is 2. The molecule has 0 spiro atoms. The third-order valence-electron chi connectivity index (χ3n) is 4.60. The number of nitrogens with one attached hydrogen (secondary N) is 2. The van der Waals surface area contributed by atoms with E-state index < -0.39 is 22.5 Å². The molecule has 31 heavy (non-hydrogen) atoms. The fourth-order valence-corrected chi connectivity index (χ4v) is 3.08. The molecule has 0 fully saturated rings. The van der Waals surface area contributed by atoms with E-state index in [0.29, 0.717) is 17.0 Å². The zero-order valence-electron chi connectivity index (χ0n) is 16.0. The lowest BCUT2D eigenvalue weighted by Crippen LogP contribution is -2.41. The molecule has 3 aromatic rings. The van der Waals surface area contributed by atoms with Crippen molar-refractivity contribution in [2.45, 2.75) is 19.4 Å². The van der Waals surface area contributed by atoms with Crippen molar-refractivity contribution < 1.29 is 28.4 Å². The Bertz CT molecular complexity index is 1250. The van der Waals surface area contributed by atoms with Crippen LogP contribution in [0.1, 0.15) is 23.2 Å². The summed E-state index contributed by atoms with van der Waals surface area (Å²) in [5, 5.41) is 10.8.